The van der Waals surface area contributed by atoms with Crippen LogP contribution in [0.1, 0.15) is 19.4 Å². The Morgan fingerprint density at radius 2 is 2.00 bits per heavy atom. The summed E-state index contributed by atoms with van der Waals surface area (Å²) in [6.45, 7) is 4.08. The van der Waals surface area contributed by atoms with Crippen molar-refractivity contribution in [1.82, 2.24) is 9.78 Å². The monoisotopic (exact) mass is 360 g/mol. The second kappa shape index (κ2) is 6.80. The van der Waals surface area contributed by atoms with Gasteiger partial charge in [-0.15, -0.1) is 0 Å². The summed E-state index contributed by atoms with van der Waals surface area (Å²) in [5.74, 6) is 0.552. The third kappa shape index (κ3) is 3.41. The molecule has 1 aromatic heterocycles. The molecule has 2 aromatic rings. The van der Waals surface area contributed by atoms with E-state index in [0.29, 0.717) is 27.3 Å². The summed E-state index contributed by atoms with van der Waals surface area (Å²) in [5, 5.41) is 14.6. The first-order chi connectivity index (χ1) is 9.95. The smallest absolute Gasteiger partial charge is 0.157 e. The average molecular weight is 362 g/mol. The average Bonchev–Trinajstić information content (AvgIpc) is 2.85. The molecular weight excluding hydrogens is 351 g/mol. The number of halogens is 3. The van der Waals surface area contributed by atoms with Crippen LogP contribution in [0.3, 0.4) is 0 Å². The van der Waals surface area contributed by atoms with Crippen LogP contribution >= 0.6 is 46.8 Å². The molecule has 0 aliphatic heterocycles. The molecule has 0 aliphatic carbocycles. The minimum absolute atomic E-state index is 0.257. The highest BCUT2D eigenvalue weighted by Crippen LogP contribution is 2.36. The zero-order valence-electron chi connectivity index (χ0n) is 11.2. The first kappa shape index (κ1) is 16.3. The normalized spacial score (nSPS) is 10.7. The number of rotatable bonds is 4. The minimum Gasteiger partial charge on any atom is -0.313 e. The maximum Gasteiger partial charge on any atom is 0.157 e. The van der Waals surface area contributed by atoms with Crippen molar-refractivity contribution in [3.05, 3.63) is 39.0 Å². The molecule has 2 rings (SSSR count). The number of hydrogen-bond acceptors (Lipinski definition) is 4. The predicted molar refractivity (Wildman–Crippen MR) is 89.7 cm³/mol. The van der Waals surface area contributed by atoms with Crippen LogP contribution in [0.4, 0.5) is 5.82 Å². The zero-order chi connectivity index (χ0) is 15.6. The second-order valence-electron chi connectivity index (χ2n) is 4.39. The maximum absolute atomic E-state index is 9.18. The van der Waals surface area contributed by atoms with E-state index in [0.717, 1.165) is 0 Å². The molecule has 0 amide bonds. The van der Waals surface area contributed by atoms with Crippen molar-refractivity contribution in [2.75, 3.05) is 4.72 Å². The van der Waals surface area contributed by atoms with Gasteiger partial charge in [0, 0.05) is 5.25 Å². The van der Waals surface area contributed by atoms with Gasteiger partial charge in [-0.1, -0.05) is 48.7 Å². The van der Waals surface area contributed by atoms with Crippen LogP contribution in [-0.2, 0) is 0 Å². The molecular formula is C13H11Cl3N4S. The molecule has 4 nitrogen and oxygen atoms in total. The summed E-state index contributed by atoms with van der Waals surface area (Å²) >= 11 is 19.7. The van der Waals surface area contributed by atoms with Crippen molar-refractivity contribution in [2.45, 2.75) is 19.1 Å². The largest absolute Gasteiger partial charge is 0.313 e. The van der Waals surface area contributed by atoms with Crippen molar-refractivity contribution < 1.29 is 0 Å². The lowest BCUT2D eigenvalue weighted by Crippen LogP contribution is -2.05. The fourth-order valence-corrected chi connectivity index (χ4v) is 2.72. The standard InChI is InChI=1S/C13H11Cl3N4S/c1-7(2)21-19-13-8(5-17)6-18-20(13)10-4-3-9(14)11(15)12(10)16/h3-4,6-7,19H,1-2H3. The molecule has 21 heavy (non-hydrogen) atoms. The molecule has 0 radical (unpaired) electrons. The fraction of sp³-hybridized carbons (Fsp3) is 0.231. The van der Waals surface area contributed by atoms with Gasteiger partial charge in [0.05, 0.1) is 27.0 Å². The van der Waals surface area contributed by atoms with Gasteiger partial charge in [-0.2, -0.15) is 10.4 Å². The van der Waals surface area contributed by atoms with E-state index in [2.05, 4.69) is 15.9 Å². The van der Waals surface area contributed by atoms with Gasteiger partial charge in [-0.05, 0) is 24.1 Å². The third-order valence-electron chi connectivity index (χ3n) is 2.52. The molecule has 0 spiro atoms. The van der Waals surface area contributed by atoms with Gasteiger partial charge in [-0.3, -0.25) is 0 Å². The lowest BCUT2D eigenvalue weighted by atomic mass is 10.3. The summed E-state index contributed by atoms with van der Waals surface area (Å²) in [6.07, 6.45) is 1.47. The Hall–Kier alpha value is -1.06. The van der Waals surface area contributed by atoms with Gasteiger partial charge < -0.3 is 4.72 Å². The number of aromatic nitrogens is 2. The van der Waals surface area contributed by atoms with E-state index in [-0.39, 0.29) is 10.0 Å². The van der Waals surface area contributed by atoms with Gasteiger partial charge in [-0.25, -0.2) is 4.68 Å². The number of nitrogens with zero attached hydrogens (tertiary/aromatic N) is 3. The van der Waals surface area contributed by atoms with Crippen molar-refractivity contribution in [1.29, 1.82) is 5.26 Å². The predicted octanol–water partition coefficient (Wildman–Crippen LogP) is 5.17. The highest BCUT2D eigenvalue weighted by molar-refractivity contribution is 8.01. The first-order valence-corrected chi connectivity index (χ1v) is 8.00. The van der Waals surface area contributed by atoms with E-state index in [9.17, 15) is 5.26 Å². The van der Waals surface area contributed by atoms with Gasteiger partial charge in [0.2, 0.25) is 0 Å². The number of nitrogens with one attached hydrogen (secondary N) is 1. The zero-order valence-corrected chi connectivity index (χ0v) is 14.3. The number of nitriles is 1. The van der Waals surface area contributed by atoms with E-state index in [1.54, 1.807) is 16.8 Å². The van der Waals surface area contributed by atoms with Crippen molar-refractivity contribution in [3.63, 3.8) is 0 Å². The molecule has 8 heteroatoms. The Morgan fingerprint density at radius 1 is 1.29 bits per heavy atom. The van der Waals surface area contributed by atoms with E-state index in [1.807, 2.05) is 13.8 Å². The molecule has 110 valence electrons. The Bertz CT molecular complexity index is 706. The van der Waals surface area contributed by atoms with Gasteiger partial charge >= 0.3 is 0 Å². The van der Waals surface area contributed by atoms with Crippen LogP contribution in [0.2, 0.25) is 15.1 Å². The molecule has 0 bridgehead atoms. The summed E-state index contributed by atoms with van der Waals surface area (Å²) < 4.78 is 4.67. The maximum atomic E-state index is 9.18. The van der Waals surface area contributed by atoms with Gasteiger partial charge in [0.15, 0.2) is 5.82 Å². The highest BCUT2D eigenvalue weighted by atomic mass is 35.5. The van der Waals surface area contributed by atoms with Crippen LogP contribution < -0.4 is 4.72 Å². The quantitative estimate of drug-likeness (QED) is 0.602. The number of hydrogen-bond donors (Lipinski definition) is 1. The van der Waals surface area contributed by atoms with Crippen LogP contribution in [-0.4, -0.2) is 15.0 Å². The topological polar surface area (TPSA) is 53.6 Å². The molecule has 0 saturated heterocycles. The van der Waals surface area contributed by atoms with E-state index in [4.69, 9.17) is 34.8 Å². The van der Waals surface area contributed by atoms with E-state index in [1.165, 1.54) is 18.1 Å². The Balaban J connectivity index is 2.52. The SMILES string of the molecule is CC(C)SNc1c(C#N)cnn1-c1ccc(Cl)c(Cl)c1Cl. The molecule has 0 fully saturated rings. The van der Waals surface area contributed by atoms with E-state index >= 15 is 0 Å². The molecule has 0 saturated carbocycles. The molecule has 0 unspecified atom stereocenters. The Kier molecular flexibility index (Phi) is 5.28. The Labute approximate surface area is 142 Å². The molecule has 0 atom stereocenters. The summed E-state index contributed by atoms with van der Waals surface area (Å²) in [4.78, 5) is 0. The fourth-order valence-electron chi connectivity index (χ4n) is 1.56. The third-order valence-corrected chi connectivity index (χ3v) is 4.59. The minimum atomic E-state index is 0.257. The van der Waals surface area contributed by atoms with Gasteiger partial charge in [0.25, 0.3) is 0 Å². The summed E-state index contributed by atoms with van der Waals surface area (Å²) in [7, 11) is 0. The number of benzene rings is 1. The molecule has 0 aliphatic rings. The molecule has 1 heterocycles. The van der Waals surface area contributed by atoms with Crippen molar-refractivity contribution in [2.24, 2.45) is 0 Å². The van der Waals surface area contributed by atoms with Crippen LogP contribution in [0.15, 0.2) is 18.3 Å². The lowest BCUT2D eigenvalue weighted by Gasteiger charge is -2.13. The first-order valence-electron chi connectivity index (χ1n) is 5.99. The molecule has 1 aromatic carbocycles. The summed E-state index contributed by atoms with van der Waals surface area (Å²) in [6, 6.07) is 5.44. The lowest BCUT2D eigenvalue weighted by molar-refractivity contribution is 0.891. The Morgan fingerprint density at radius 3 is 2.62 bits per heavy atom. The highest BCUT2D eigenvalue weighted by Gasteiger charge is 2.17. The summed E-state index contributed by atoms with van der Waals surface area (Å²) in [5.41, 5.74) is 0.977. The van der Waals surface area contributed by atoms with Crippen molar-refractivity contribution in [3.8, 4) is 11.8 Å². The van der Waals surface area contributed by atoms with Crippen LogP contribution in [0, 0.1) is 11.3 Å². The number of anilines is 1. The van der Waals surface area contributed by atoms with Crippen LogP contribution in [0.5, 0.6) is 0 Å². The second-order valence-corrected chi connectivity index (χ2v) is 6.94. The van der Waals surface area contributed by atoms with Gasteiger partial charge in [0.1, 0.15) is 11.6 Å². The van der Waals surface area contributed by atoms with Crippen molar-refractivity contribution >= 4 is 52.6 Å². The molecule has 1 N–H and O–H groups in total. The van der Waals surface area contributed by atoms with Crippen LogP contribution in [0.25, 0.3) is 5.69 Å². The van der Waals surface area contributed by atoms with E-state index < -0.39 is 0 Å².